The van der Waals surface area contributed by atoms with E-state index in [0.29, 0.717) is 12.4 Å². The molecule has 6 nitrogen and oxygen atoms in total. The Balaban J connectivity index is 1.76. The molecule has 21 heavy (non-hydrogen) atoms. The highest BCUT2D eigenvalue weighted by Gasteiger charge is 2.14. The molecular weight excluding hydrogens is 286 g/mol. The van der Waals surface area contributed by atoms with Gasteiger partial charge in [-0.2, -0.15) is 10.1 Å². The van der Waals surface area contributed by atoms with Crippen molar-refractivity contribution in [3.63, 3.8) is 0 Å². The maximum atomic E-state index is 5.36. The van der Waals surface area contributed by atoms with Gasteiger partial charge < -0.3 is 10.1 Å². The van der Waals surface area contributed by atoms with Gasteiger partial charge in [-0.15, -0.1) is 11.3 Å². The molecule has 0 radical (unpaired) electrons. The molecule has 1 N–H and O–H groups in total. The van der Waals surface area contributed by atoms with Crippen molar-refractivity contribution < 1.29 is 4.74 Å². The number of thiazole rings is 1. The van der Waals surface area contributed by atoms with Gasteiger partial charge in [0.2, 0.25) is 5.88 Å². The van der Waals surface area contributed by atoms with Gasteiger partial charge in [-0.3, -0.25) is 9.08 Å². The second-order valence-corrected chi connectivity index (χ2v) is 5.87. The minimum atomic E-state index is 0.689. The van der Waals surface area contributed by atoms with Gasteiger partial charge in [-0.1, -0.05) is 0 Å². The van der Waals surface area contributed by atoms with Crippen molar-refractivity contribution in [2.45, 2.75) is 26.9 Å². The maximum Gasteiger partial charge on any atom is 0.237 e. The molecule has 112 valence electrons. The summed E-state index contributed by atoms with van der Waals surface area (Å²) in [5.41, 5.74) is 4.57. The summed E-state index contributed by atoms with van der Waals surface area (Å²) < 4.78 is 9.35. The van der Waals surface area contributed by atoms with E-state index in [9.17, 15) is 0 Å². The van der Waals surface area contributed by atoms with Crippen LogP contribution in [0.15, 0.2) is 11.6 Å². The van der Waals surface area contributed by atoms with Crippen LogP contribution in [0.25, 0.3) is 4.96 Å². The van der Waals surface area contributed by atoms with Gasteiger partial charge in [0.05, 0.1) is 12.8 Å². The van der Waals surface area contributed by atoms with E-state index < -0.39 is 0 Å². The van der Waals surface area contributed by atoms with E-state index in [1.165, 1.54) is 11.3 Å². The highest BCUT2D eigenvalue weighted by Crippen LogP contribution is 2.23. The van der Waals surface area contributed by atoms with Crippen LogP contribution in [-0.2, 0) is 20.1 Å². The number of aromatic nitrogens is 4. The zero-order valence-electron chi connectivity index (χ0n) is 12.7. The first-order valence-electron chi connectivity index (χ1n) is 6.80. The summed E-state index contributed by atoms with van der Waals surface area (Å²) in [5.74, 6) is 0.689. The number of imidazole rings is 1. The van der Waals surface area contributed by atoms with Crippen molar-refractivity contribution >= 4 is 16.3 Å². The lowest BCUT2D eigenvalue weighted by molar-refractivity contribution is 0.393. The Morgan fingerprint density at radius 2 is 2.14 bits per heavy atom. The third kappa shape index (κ3) is 2.43. The van der Waals surface area contributed by atoms with E-state index in [2.05, 4.69) is 26.7 Å². The number of rotatable bonds is 5. The minimum Gasteiger partial charge on any atom is -0.480 e. The molecule has 3 rings (SSSR count). The maximum absolute atomic E-state index is 5.36. The normalized spacial score (nSPS) is 11.4. The number of hydrogen-bond donors (Lipinski definition) is 1. The number of hydrogen-bond acceptors (Lipinski definition) is 5. The lowest BCUT2D eigenvalue weighted by Crippen LogP contribution is -2.15. The molecule has 0 saturated heterocycles. The quantitative estimate of drug-likeness (QED) is 0.784. The number of nitrogens with one attached hydrogen (secondary N) is 1. The first kappa shape index (κ1) is 14.1. The predicted molar refractivity (Wildman–Crippen MR) is 82.8 cm³/mol. The van der Waals surface area contributed by atoms with Crippen LogP contribution in [-0.4, -0.2) is 26.3 Å². The molecule has 0 aliphatic carbocycles. The van der Waals surface area contributed by atoms with E-state index >= 15 is 0 Å². The Kier molecular flexibility index (Phi) is 3.69. The minimum absolute atomic E-state index is 0.689. The van der Waals surface area contributed by atoms with Crippen LogP contribution < -0.4 is 10.1 Å². The number of nitrogens with zero attached hydrogens (tertiary/aromatic N) is 4. The molecule has 0 aromatic carbocycles. The van der Waals surface area contributed by atoms with Gasteiger partial charge in [-0.25, -0.2) is 0 Å². The first-order valence-corrected chi connectivity index (χ1v) is 7.68. The predicted octanol–water partition coefficient (Wildman–Crippen LogP) is 2.04. The molecule has 0 fully saturated rings. The van der Waals surface area contributed by atoms with Crippen LogP contribution in [0.3, 0.4) is 0 Å². The molecular formula is C14H19N5OS. The average Bonchev–Trinajstić information content (AvgIpc) is 3.09. The summed E-state index contributed by atoms with van der Waals surface area (Å²) in [4.78, 5) is 5.41. The first-order chi connectivity index (χ1) is 10.1. The molecule has 0 bridgehead atoms. The fourth-order valence-electron chi connectivity index (χ4n) is 2.52. The number of aryl methyl sites for hydroxylation is 2. The smallest absolute Gasteiger partial charge is 0.237 e. The molecule has 7 heteroatoms. The van der Waals surface area contributed by atoms with Crippen molar-refractivity contribution in [3.05, 3.63) is 34.2 Å². The van der Waals surface area contributed by atoms with Crippen molar-refractivity contribution in [2.75, 3.05) is 7.11 Å². The van der Waals surface area contributed by atoms with E-state index in [1.807, 2.05) is 30.2 Å². The lowest BCUT2D eigenvalue weighted by Gasteiger charge is -2.06. The summed E-state index contributed by atoms with van der Waals surface area (Å²) in [5, 5.41) is 9.93. The van der Waals surface area contributed by atoms with Gasteiger partial charge in [0.15, 0.2) is 4.96 Å². The van der Waals surface area contributed by atoms with E-state index in [-0.39, 0.29) is 0 Å². The summed E-state index contributed by atoms with van der Waals surface area (Å²) in [7, 11) is 3.63. The molecule has 0 amide bonds. The van der Waals surface area contributed by atoms with Crippen molar-refractivity contribution in [2.24, 2.45) is 7.05 Å². The summed E-state index contributed by atoms with van der Waals surface area (Å²) >= 11 is 1.61. The molecule has 3 aromatic rings. The Morgan fingerprint density at radius 1 is 1.33 bits per heavy atom. The van der Waals surface area contributed by atoms with Gasteiger partial charge >= 0.3 is 0 Å². The molecule has 0 atom stereocenters. The standard InChI is InChI=1S/C14H19N5OS/c1-9-11(10(2)18(3)17-9)7-15-8-12-13(20-4)16-14-19(12)5-6-21-14/h5-6,15H,7-8H2,1-4H3. The SMILES string of the molecule is COc1nc2sccn2c1CNCc1c(C)nn(C)c1C. The molecule has 0 saturated carbocycles. The summed E-state index contributed by atoms with van der Waals surface area (Å²) in [6.45, 7) is 5.62. The second kappa shape index (κ2) is 5.50. The van der Waals surface area contributed by atoms with Crippen LogP contribution >= 0.6 is 11.3 Å². The zero-order valence-corrected chi connectivity index (χ0v) is 13.5. The van der Waals surface area contributed by atoms with Gasteiger partial charge in [0.25, 0.3) is 0 Å². The molecule has 0 unspecified atom stereocenters. The van der Waals surface area contributed by atoms with Crippen molar-refractivity contribution in [1.29, 1.82) is 0 Å². The third-order valence-corrected chi connectivity index (χ3v) is 4.53. The van der Waals surface area contributed by atoms with Crippen LogP contribution in [0.5, 0.6) is 5.88 Å². The van der Waals surface area contributed by atoms with E-state index in [4.69, 9.17) is 4.74 Å². The fraction of sp³-hybridized carbons (Fsp3) is 0.429. The average molecular weight is 305 g/mol. The van der Waals surface area contributed by atoms with E-state index in [0.717, 1.165) is 22.9 Å². The Morgan fingerprint density at radius 3 is 2.81 bits per heavy atom. The number of fused-ring (bicyclic) bond motifs is 1. The van der Waals surface area contributed by atoms with Crippen LogP contribution in [0.2, 0.25) is 0 Å². The van der Waals surface area contributed by atoms with Crippen LogP contribution in [0.1, 0.15) is 22.6 Å². The molecule has 3 aromatic heterocycles. The van der Waals surface area contributed by atoms with Gasteiger partial charge in [-0.05, 0) is 13.8 Å². The van der Waals surface area contributed by atoms with Gasteiger partial charge in [0, 0.05) is 43.0 Å². The van der Waals surface area contributed by atoms with Crippen LogP contribution in [0.4, 0.5) is 0 Å². The molecule has 0 aliphatic rings. The highest BCUT2D eigenvalue weighted by atomic mass is 32.1. The highest BCUT2D eigenvalue weighted by molar-refractivity contribution is 7.15. The van der Waals surface area contributed by atoms with Crippen molar-refractivity contribution in [1.82, 2.24) is 24.5 Å². The van der Waals surface area contributed by atoms with Gasteiger partial charge in [0.1, 0.15) is 5.69 Å². The van der Waals surface area contributed by atoms with E-state index in [1.54, 1.807) is 18.4 Å². The lowest BCUT2D eigenvalue weighted by atomic mass is 10.2. The number of methoxy groups -OCH3 is 1. The Hall–Kier alpha value is -1.86. The summed E-state index contributed by atoms with van der Waals surface area (Å²) in [6.07, 6.45) is 2.02. The zero-order chi connectivity index (χ0) is 15.0. The second-order valence-electron chi connectivity index (χ2n) is 5.00. The van der Waals surface area contributed by atoms with Crippen LogP contribution in [0, 0.1) is 13.8 Å². The molecule has 0 spiro atoms. The van der Waals surface area contributed by atoms with Crippen molar-refractivity contribution in [3.8, 4) is 5.88 Å². The number of ether oxygens (including phenoxy) is 1. The third-order valence-electron chi connectivity index (χ3n) is 3.77. The topological polar surface area (TPSA) is 56.4 Å². The fourth-order valence-corrected chi connectivity index (χ4v) is 3.24. The monoisotopic (exact) mass is 305 g/mol. The Labute approximate surface area is 127 Å². The Bertz CT molecular complexity index is 770. The summed E-state index contributed by atoms with van der Waals surface area (Å²) in [6, 6.07) is 0. The molecule has 3 heterocycles. The molecule has 0 aliphatic heterocycles. The largest absolute Gasteiger partial charge is 0.480 e.